The van der Waals surface area contributed by atoms with Crippen LogP contribution >= 0.6 is 0 Å². The summed E-state index contributed by atoms with van der Waals surface area (Å²) in [6.45, 7) is 3.66. The van der Waals surface area contributed by atoms with Crippen molar-refractivity contribution in [2.45, 2.75) is 25.8 Å². The van der Waals surface area contributed by atoms with Gasteiger partial charge in [-0.05, 0) is 43.6 Å². The molecule has 0 bridgehead atoms. The third-order valence-electron chi connectivity index (χ3n) is 3.10. The van der Waals surface area contributed by atoms with Gasteiger partial charge in [0.05, 0.1) is 0 Å². The quantitative estimate of drug-likeness (QED) is 0.814. The Morgan fingerprint density at radius 2 is 1.73 bits per heavy atom. The fraction of sp³-hybridized carbons (Fsp3) is 0.538. The Hall–Kier alpha value is -1.02. The first-order chi connectivity index (χ1) is 7.38. The minimum Gasteiger partial charge on any atom is -0.388 e. The number of benzene rings is 1. The van der Waals surface area contributed by atoms with Crippen LogP contribution in [0, 0.1) is 0 Å². The van der Waals surface area contributed by atoms with Crippen LogP contribution in [0.4, 0.5) is 5.69 Å². The highest BCUT2D eigenvalue weighted by Gasteiger charge is 2.09. The molecule has 1 N–H and O–H groups in total. The molecule has 0 unspecified atom stereocenters. The number of nitrogens with zero attached hydrogens (tertiary/aromatic N) is 1. The van der Waals surface area contributed by atoms with Gasteiger partial charge < -0.3 is 5.32 Å². The first kappa shape index (κ1) is 10.5. The summed E-state index contributed by atoms with van der Waals surface area (Å²) < 4.78 is 0. The summed E-state index contributed by atoms with van der Waals surface area (Å²) in [5, 5.41) is 3.14. The Balaban J connectivity index is 1.91. The highest BCUT2D eigenvalue weighted by molar-refractivity contribution is 5.43. The molecule has 0 saturated carbocycles. The van der Waals surface area contributed by atoms with Crippen molar-refractivity contribution in [3.63, 3.8) is 0 Å². The van der Waals surface area contributed by atoms with E-state index in [1.54, 1.807) is 0 Å². The number of likely N-dealkylation sites (tertiary alicyclic amines) is 1. The molecule has 1 aromatic rings. The first-order valence-corrected chi connectivity index (χ1v) is 5.87. The van der Waals surface area contributed by atoms with Gasteiger partial charge in [0.2, 0.25) is 0 Å². The minimum absolute atomic E-state index is 1.12. The summed E-state index contributed by atoms with van der Waals surface area (Å²) in [6.07, 6.45) is 4.15. The van der Waals surface area contributed by atoms with E-state index in [2.05, 4.69) is 34.5 Å². The van der Waals surface area contributed by atoms with Gasteiger partial charge in [-0.25, -0.2) is 0 Å². The van der Waals surface area contributed by atoms with E-state index in [1.165, 1.54) is 43.6 Å². The highest BCUT2D eigenvalue weighted by Crippen LogP contribution is 2.14. The third kappa shape index (κ3) is 2.96. The molecule has 1 aliphatic heterocycles. The Kier molecular flexibility index (Phi) is 3.62. The van der Waals surface area contributed by atoms with Crippen molar-refractivity contribution in [3.05, 3.63) is 29.8 Å². The predicted octanol–water partition coefficient (Wildman–Crippen LogP) is 2.71. The fourth-order valence-electron chi connectivity index (χ4n) is 2.15. The summed E-state index contributed by atoms with van der Waals surface area (Å²) >= 11 is 0. The van der Waals surface area contributed by atoms with Crippen molar-refractivity contribution in [1.82, 2.24) is 4.90 Å². The van der Waals surface area contributed by atoms with E-state index in [-0.39, 0.29) is 0 Å². The molecule has 82 valence electrons. The van der Waals surface area contributed by atoms with Crippen molar-refractivity contribution in [2.75, 3.05) is 25.5 Å². The Bertz CT molecular complexity index is 286. The molecule has 0 atom stereocenters. The Morgan fingerprint density at radius 1 is 1.07 bits per heavy atom. The van der Waals surface area contributed by atoms with E-state index in [9.17, 15) is 0 Å². The Labute approximate surface area is 92.3 Å². The highest BCUT2D eigenvalue weighted by atomic mass is 15.1. The molecule has 1 aliphatic rings. The van der Waals surface area contributed by atoms with Crippen LogP contribution in [0.3, 0.4) is 0 Å². The van der Waals surface area contributed by atoms with E-state index in [1.807, 2.05) is 7.05 Å². The molecule has 0 aromatic heterocycles. The van der Waals surface area contributed by atoms with E-state index < -0.39 is 0 Å². The molecule has 2 heteroatoms. The SMILES string of the molecule is CNc1ccc(CN2CCCCC2)cc1. The topological polar surface area (TPSA) is 15.3 Å². The van der Waals surface area contributed by atoms with E-state index in [0.29, 0.717) is 0 Å². The van der Waals surface area contributed by atoms with Gasteiger partial charge in [0.1, 0.15) is 0 Å². The summed E-state index contributed by atoms with van der Waals surface area (Å²) in [4.78, 5) is 2.55. The molecule has 0 aliphatic carbocycles. The summed E-state index contributed by atoms with van der Waals surface area (Å²) in [5.41, 5.74) is 2.62. The number of hydrogen-bond donors (Lipinski definition) is 1. The molecule has 1 saturated heterocycles. The van der Waals surface area contributed by atoms with Crippen LogP contribution in [0.15, 0.2) is 24.3 Å². The van der Waals surface area contributed by atoms with Gasteiger partial charge in [0.15, 0.2) is 0 Å². The lowest BCUT2D eigenvalue weighted by atomic mass is 10.1. The second-order valence-electron chi connectivity index (χ2n) is 4.28. The van der Waals surface area contributed by atoms with Gasteiger partial charge in [-0.15, -0.1) is 0 Å². The van der Waals surface area contributed by atoms with Crippen molar-refractivity contribution < 1.29 is 0 Å². The summed E-state index contributed by atoms with van der Waals surface area (Å²) in [5.74, 6) is 0. The van der Waals surface area contributed by atoms with Crippen LogP contribution in [-0.2, 0) is 6.54 Å². The van der Waals surface area contributed by atoms with Crippen LogP contribution in [0.1, 0.15) is 24.8 Å². The second-order valence-corrected chi connectivity index (χ2v) is 4.28. The number of rotatable bonds is 3. The maximum atomic E-state index is 3.14. The fourth-order valence-corrected chi connectivity index (χ4v) is 2.15. The van der Waals surface area contributed by atoms with Crippen molar-refractivity contribution in [3.8, 4) is 0 Å². The van der Waals surface area contributed by atoms with Gasteiger partial charge in [0.25, 0.3) is 0 Å². The number of hydrogen-bond acceptors (Lipinski definition) is 2. The van der Waals surface area contributed by atoms with Gasteiger partial charge in [-0.2, -0.15) is 0 Å². The lowest BCUT2D eigenvalue weighted by molar-refractivity contribution is 0.221. The molecule has 0 radical (unpaired) electrons. The lowest BCUT2D eigenvalue weighted by Gasteiger charge is -2.26. The third-order valence-corrected chi connectivity index (χ3v) is 3.10. The van der Waals surface area contributed by atoms with Crippen LogP contribution in [-0.4, -0.2) is 25.0 Å². The molecule has 1 aromatic carbocycles. The van der Waals surface area contributed by atoms with E-state index >= 15 is 0 Å². The molecule has 0 spiro atoms. The molecule has 1 fully saturated rings. The molecule has 1 heterocycles. The molecule has 2 rings (SSSR count). The standard InChI is InChI=1S/C13H20N2/c1-14-13-7-5-12(6-8-13)11-15-9-3-2-4-10-15/h5-8,14H,2-4,9-11H2,1H3. The van der Waals surface area contributed by atoms with Crippen LogP contribution < -0.4 is 5.32 Å². The zero-order valence-corrected chi connectivity index (χ0v) is 9.50. The van der Waals surface area contributed by atoms with Gasteiger partial charge in [0, 0.05) is 19.3 Å². The van der Waals surface area contributed by atoms with Crippen LogP contribution in [0.2, 0.25) is 0 Å². The van der Waals surface area contributed by atoms with Gasteiger partial charge in [-0.1, -0.05) is 18.6 Å². The first-order valence-electron chi connectivity index (χ1n) is 5.87. The Morgan fingerprint density at radius 3 is 2.33 bits per heavy atom. The van der Waals surface area contributed by atoms with E-state index in [4.69, 9.17) is 0 Å². The van der Waals surface area contributed by atoms with Crippen LogP contribution in [0.5, 0.6) is 0 Å². The zero-order chi connectivity index (χ0) is 10.5. The molecule has 2 nitrogen and oxygen atoms in total. The number of nitrogens with one attached hydrogen (secondary N) is 1. The van der Waals surface area contributed by atoms with Crippen molar-refractivity contribution in [2.24, 2.45) is 0 Å². The second kappa shape index (κ2) is 5.17. The van der Waals surface area contributed by atoms with Gasteiger partial charge >= 0.3 is 0 Å². The van der Waals surface area contributed by atoms with Crippen molar-refractivity contribution >= 4 is 5.69 Å². The minimum atomic E-state index is 1.12. The molecular weight excluding hydrogens is 184 g/mol. The van der Waals surface area contributed by atoms with E-state index in [0.717, 1.165) is 6.54 Å². The zero-order valence-electron chi connectivity index (χ0n) is 9.50. The maximum Gasteiger partial charge on any atom is 0.0337 e. The maximum absolute atomic E-state index is 3.14. The largest absolute Gasteiger partial charge is 0.388 e. The normalized spacial score (nSPS) is 17.7. The van der Waals surface area contributed by atoms with Gasteiger partial charge in [-0.3, -0.25) is 4.90 Å². The smallest absolute Gasteiger partial charge is 0.0337 e. The average molecular weight is 204 g/mol. The lowest BCUT2D eigenvalue weighted by Crippen LogP contribution is -2.29. The number of anilines is 1. The predicted molar refractivity (Wildman–Crippen MR) is 65.1 cm³/mol. The molecule has 0 amide bonds. The monoisotopic (exact) mass is 204 g/mol. The summed E-state index contributed by atoms with van der Waals surface area (Å²) in [7, 11) is 1.96. The molecule has 15 heavy (non-hydrogen) atoms. The summed E-state index contributed by atoms with van der Waals surface area (Å²) in [6, 6.07) is 8.75. The average Bonchev–Trinajstić information content (AvgIpc) is 2.31. The number of piperidine rings is 1. The van der Waals surface area contributed by atoms with Crippen molar-refractivity contribution in [1.29, 1.82) is 0 Å². The molecular formula is C13H20N2. The van der Waals surface area contributed by atoms with Crippen LogP contribution in [0.25, 0.3) is 0 Å².